The zero-order valence-corrected chi connectivity index (χ0v) is 10.2. The number of esters is 1. The van der Waals surface area contributed by atoms with Crippen LogP contribution in [0.5, 0.6) is 0 Å². The predicted molar refractivity (Wildman–Crippen MR) is 60.9 cm³/mol. The molecule has 2 N–H and O–H groups in total. The number of rotatable bonds is 4. The van der Waals surface area contributed by atoms with Crippen molar-refractivity contribution in [1.29, 1.82) is 0 Å². The third kappa shape index (κ3) is 2.15. The van der Waals surface area contributed by atoms with Gasteiger partial charge < -0.3 is 14.9 Å². The van der Waals surface area contributed by atoms with Gasteiger partial charge in [0.2, 0.25) is 0 Å². The molecule has 0 aliphatic carbocycles. The first-order valence-corrected chi connectivity index (χ1v) is 5.82. The van der Waals surface area contributed by atoms with Crippen LogP contribution in [0.3, 0.4) is 0 Å². The van der Waals surface area contributed by atoms with Gasteiger partial charge in [-0.3, -0.25) is 9.63 Å². The molecule has 2 rings (SSSR count). The summed E-state index contributed by atoms with van der Waals surface area (Å²) in [6, 6.07) is -0.991. The van der Waals surface area contributed by atoms with Crippen molar-refractivity contribution in [1.82, 2.24) is 9.96 Å². The Morgan fingerprint density at radius 1 is 1.56 bits per heavy atom. The van der Waals surface area contributed by atoms with Gasteiger partial charge in [-0.2, -0.15) is 0 Å². The summed E-state index contributed by atoms with van der Waals surface area (Å²) in [5, 5.41) is 21.4. The van der Waals surface area contributed by atoms with Crippen LogP contribution in [0.15, 0.2) is 12.7 Å². The number of aliphatic hydroxyl groups excluding tert-OH is 2. The normalized spacial score (nSPS) is 39.6. The van der Waals surface area contributed by atoms with E-state index in [0.29, 0.717) is 6.54 Å². The van der Waals surface area contributed by atoms with Gasteiger partial charge in [0, 0.05) is 13.0 Å². The summed E-state index contributed by atoms with van der Waals surface area (Å²) < 4.78 is 4.68. The van der Waals surface area contributed by atoms with E-state index in [4.69, 9.17) is 4.84 Å². The first-order chi connectivity index (χ1) is 8.60. The van der Waals surface area contributed by atoms with E-state index in [1.807, 2.05) is 0 Å². The average molecular weight is 258 g/mol. The molecule has 0 aromatic heterocycles. The number of methoxy groups -OCH3 is 1. The largest absolute Gasteiger partial charge is 0.468 e. The number of fused-ring (bicyclic) bond motifs is 2. The maximum atomic E-state index is 11.6. The van der Waals surface area contributed by atoms with Crippen molar-refractivity contribution in [3.05, 3.63) is 12.7 Å². The maximum absolute atomic E-state index is 11.6. The number of hydrogen-bond donors (Lipinski definition) is 2. The molecule has 7 nitrogen and oxygen atoms in total. The van der Waals surface area contributed by atoms with Crippen molar-refractivity contribution >= 4 is 5.97 Å². The minimum absolute atomic E-state index is 0.225. The second-order valence-electron chi connectivity index (χ2n) is 4.40. The first-order valence-electron chi connectivity index (χ1n) is 5.82. The molecule has 18 heavy (non-hydrogen) atoms. The van der Waals surface area contributed by atoms with Gasteiger partial charge in [-0.15, -0.1) is 11.6 Å². The maximum Gasteiger partial charge on any atom is 0.323 e. The number of hydrogen-bond acceptors (Lipinski definition) is 7. The highest BCUT2D eigenvalue weighted by molar-refractivity contribution is 5.76. The van der Waals surface area contributed by atoms with Gasteiger partial charge in [-0.25, -0.2) is 4.90 Å². The Balaban J connectivity index is 2.13. The van der Waals surface area contributed by atoms with Crippen molar-refractivity contribution in [3.8, 4) is 0 Å². The topological polar surface area (TPSA) is 82.5 Å². The molecule has 0 aromatic rings. The number of nitrogens with zero attached hydrogens (tertiary/aromatic N) is 2. The molecule has 2 fully saturated rings. The fraction of sp³-hybridized carbons (Fsp3) is 0.727. The van der Waals surface area contributed by atoms with Crippen molar-refractivity contribution in [3.63, 3.8) is 0 Å². The van der Waals surface area contributed by atoms with E-state index < -0.39 is 24.5 Å². The number of ether oxygens (including phenoxy) is 1. The van der Waals surface area contributed by atoms with E-state index in [0.717, 1.165) is 0 Å². The summed E-state index contributed by atoms with van der Waals surface area (Å²) >= 11 is 0. The molecule has 0 amide bonds. The van der Waals surface area contributed by atoms with Gasteiger partial charge in [0.05, 0.1) is 25.9 Å². The summed E-state index contributed by atoms with van der Waals surface area (Å²) in [5.74, 6) is -0.461. The third-order valence-corrected chi connectivity index (χ3v) is 3.37. The van der Waals surface area contributed by atoms with Gasteiger partial charge in [0.1, 0.15) is 6.04 Å². The van der Waals surface area contributed by atoms with Crippen molar-refractivity contribution in [2.45, 2.75) is 31.0 Å². The second-order valence-corrected chi connectivity index (χ2v) is 4.40. The summed E-state index contributed by atoms with van der Waals surface area (Å²) in [4.78, 5) is 18.5. The zero-order valence-electron chi connectivity index (χ0n) is 10.2. The minimum atomic E-state index is -1.06. The van der Waals surface area contributed by atoms with E-state index in [-0.39, 0.29) is 19.1 Å². The van der Waals surface area contributed by atoms with Crippen LogP contribution in [0.2, 0.25) is 0 Å². The Bertz CT molecular complexity index is 337. The second kappa shape index (κ2) is 5.33. The van der Waals surface area contributed by atoms with Gasteiger partial charge in [-0.05, 0) is 0 Å². The highest BCUT2D eigenvalue weighted by atomic mass is 16.7. The van der Waals surface area contributed by atoms with E-state index in [1.165, 1.54) is 12.2 Å². The van der Waals surface area contributed by atoms with E-state index in [1.54, 1.807) is 11.0 Å². The van der Waals surface area contributed by atoms with E-state index in [9.17, 15) is 15.0 Å². The molecule has 5 atom stereocenters. The van der Waals surface area contributed by atoms with E-state index in [2.05, 4.69) is 11.3 Å². The molecule has 2 unspecified atom stereocenters. The van der Waals surface area contributed by atoms with Crippen LogP contribution in [0.1, 0.15) is 6.42 Å². The summed E-state index contributed by atoms with van der Waals surface area (Å²) in [6.07, 6.45) is -0.0276. The van der Waals surface area contributed by atoms with Crippen LogP contribution in [0, 0.1) is 0 Å². The number of carbonyl (C=O) groups excluding carboxylic acids is 1. The molecule has 2 saturated heterocycles. The number of piperidine rings is 1. The lowest BCUT2D eigenvalue weighted by atomic mass is 9.98. The van der Waals surface area contributed by atoms with E-state index >= 15 is 0 Å². The highest BCUT2D eigenvalue weighted by Gasteiger charge is 2.52. The fourth-order valence-electron chi connectivity index (χ4n) is 2.48. The zero-order chi connectivity index (χ0) is 13.3. The Morgan fingerprint density at radius 2 is 2.28 bits per heavy atom. The molecule has 0 aromatic carbocycles. The van der Waals surface area contributed by atoms with Crippen LogP contribution in [-0.4, -0.2) is 70.9 Å². The molecule has 2 aliphatic rings. The van der Waals surface area contributed by atoms with Gasteiger partial charge in [0.25, 0.3) is 0 Å². The fourth-order valence-corrected chi connectivity index (χ4v) is 2.48. The monoisotopic (exact) mass is 258 g/mol. The molecule has 0 saturated carbocycles. The molecule has 2 aliphatic heterocycles. The third-order valence-electron chi connectivity index (χ3n) is 3.37. The Hall–Kier alpha value is -0.990. The average Bonchev–Trinajstić information content (AvgIpc) is 2.65. The summed E-state index contributed by atoms with van der Waals surface area (Å²) in [6.45, 7) is 4.12. The Labute approximate surface area is 105 Å². The van der Waals surface area contributed by atoms with Crippen LogP contribution in [0.25, 0.3) is 0 Å². The number of hydroxylamine groups is 2. The molecule has 0 spiro atoms. The molecular formula is C11H18N2O5. The standard InChI is InChI=1S/C11H18N2O5/c1-3-4-18-13-8-6-12(11(13)16)7(5-9(8)14)10(15)17-2/h3,7-9,11,14,16H,1,4-6H2,2H3/t7?,8-,9-,11-/m0/s1. The quantitative estimate of drug-likeness (QED) is 0.477. The van der Waals surface area contributed by atoms with Crippen molar-refractivity contribution in [2.75, 3.05) is 20.3 Å². The molecule has 7 heteroatoms. The SMILES string of the molecule is C=CCON1[C@H]2CN(C(C(=O)OC)C[C@@H]2O)[C@@H]1O. The van der Waals surface area contributed by atoms with Crippen molar-refractivity contribution in [2.24, 2.45) is 0 Å². The van der Waals surface area contributed by atoms with Crippen LogP contribution >= 0.6 is 0 Å². The van der Waals surface area contributed by atoms with Crippen molar-refractivity contribution < 1.29 is 24.6 Å². The lowest BCUT2D eigenvalue weighted by Crippen LogP contribution is -2.51. The Morgan fingerprint density at radius 3 is 2.89 bits per heavy atom. The van der Waals surface area contributed by atoms with Gasteiger partial charge in [-0.1, -0.05) is 6.08 Å². The summed E-state index contributed by atoms with van der Waals surface area (Å²) in [5.41, 5.74) is 0. The molecule has 2 heterocycles. The lowest BCUT2D eigenvalue weighted by Gasteiger charge is -2.32. The number of aliphatic hydroxyl groups is 2. The first kappa shape index (κ1) is 13.4. The van der Waals surface area contributed by atoms with Gasteiger partial charge in [0.15, 0.2) is 6.35 Å². The highest BCUT2D eigenvalue weighted by Crippen LogP contribution is 2.32. The van der Waals surface area contributed by atoms with Crippen LogP contribution in [-0.2, 0) is 14.4 Å². The Kier molecular flexibility index (Phi) is 3.98. The summed E-state index contributed by atoms with van der Waals surface area (Å²) in [7, 11) is 1.29. The predicted octanol–water partition coefficient (Wildman–Crippen LogP) is -1.33. The van der Waals surface area contributed by atoms with Gasteiger partial charge >= 0.3 is 5.97 Å². The molecule has 0 radical (unpaired) electrons. The molecule has 2 bridgehead atoms. The number of carbonyl (C=O) groups is 1. The minimum Gasteiger partial charge on any atom is -0.468 e. The molecule has 102 valence electrons. The smallest absolute Gasteiger partial charge is 0.323 e. The van der Waals surface area contributed by atoms with Crippen LogP contribution in [0.4, 0.5) is 0 Å². The van der Waals surface area contributed by atoms with Crippen LogP contribution < -0.4 is 0 Å². The lowest BCUT2D eigenvalue weighted by molar-refractivity contribution is -0.258. The molecular weight excluding hydrogens is 240 g/mol.